The Morgan fingerprint density at radius 3 is 2.17 bits per heavy atom. The molecular formula is C5H5BrF4O2. The summed E-state index contributed by atoms with van der Waals surface area (Å²) < 4.78 is 48.1. The minimum absolute atomic E-state index is 0.779. The maximum absolute atomic E-state index is 12.5. The largest absolute Gasteiger partial charge is 0.426 e. The standard InChI is InChI=1S/C5H5BrF4O2/c1-2(11)12-4(9)5(6,10)3(7)8/h3-4H,1H3. The van der Waals surface area contributed by atoms with Crippen LogP contribution >= 0.6 is 15.9 Å². The second kappa shape index (κ2) is 4.06. The normalized spacial score (nSPS) is 18.6. The number of carbonyl (C=O) groups is 1. The van der Waals surface area contributed by atoms with Gasteiger partial charge >= 0.3 is 5.97 Å². The average molecular weight is 253 g/mol. The maximum atomic E-state index is 12.5. The van der Waals surface area contributed by atoms with Gasteiger partial charge in [0.15, 0.2) is 0 Å². The van der Waals surface area contributed by atoms with Crippen LogP contribution in [0.5, 0.6) is 0 Å². The van der Waals surface area contributed by atoms with Gasteiger partial charge in [-0.25, -0.2) is 13.2 Å². The van der Waals surface area contributed by atoms with Gasteiger partial charge in [0, 0.05) is 6.92 Å². The van der Waals surface area contributed by atoms with Crippen molar-refractivity contribution in [2.75, 3.05) is 0 Å². The Balaban J connectivity index is 4.24. The van der Waals surface area contributed by atoms with Crippen LogP contribution < -0.4 is 0 Å². The lowest BCUT2D eigenvalue weighted by Crippen LogP contribution is -2.38. The zero-order valence-corrected chi connectivity index (χ0v) is 7.45. The molecule has 0 fully saturated rings. The summed E-state index contributed by atoms with van der Waals surface area (Å²) in [4.78, 5) is 10.0. The van der Waals surface area contributed by atoms with Crippen LogP contribution in [0, 0.1) is 0 Å². The monoisotopic (exact) mass is 252 g/mol. The summed E-state index contributed by atoms with van der Waals surface area (Å²) in [5.74, 6) is -1.18. The van der Waals surface area contributed by atoms with Gasteiger partial charge in [0.2, 0.25) is 0 Å². The summed E-state index contributed by atoms with van der Waals surface area (Å²) in [5, 5.41) is 0. The molecule has 2 unspecified atom stereocenters. The maximum Gasteiger partial charge on any atom is 0.305 e. The van der Waals surface area contributed by atoms with E-state index in [0.29, 0.717) is 0 Å². The fourth-order valence-corrected chi connectivity index (χ4v) is 0.417. The number of alkyl halides is 5. The summed E-state index contributed by atoms with van der Waals surface area (Å²) in [6.45, 7) is 0.779. The Labute approximate surface area is 74.0 Å². The van der Waals surface area contributed by atoms with Crippen LogP contribution in [0.3, 0.4) is 0 Å². The molecule has 0 aliphatic rings. The molecule has 12 heavy (non-hydrogen) atoms. The van der Waals surface area contributed by atoms with E-state index in [-0.39, 0.29) is 0 Å². The summed E-state index contributed by atoms with van der Waals surface area (Å²) in [7, 11) is 0. The van der Waals surface area contributed by atoms with Crippen LogP contribution in [-0.2, 0) is 9.53 Å². The van der Waals surface area contributed by atoms with E-state index in [1.54, 1.807) is 15.9 Å². The summed E-state index contributed by atoms with van der Waals surface area (Å²) in [6, 6.07) is 0. The first-order valence-corrected chi connectivity index (χ1v) is 3.55. The topological polar surface area (TPSA) is 26.3 Å². The predicted molar refractivity (Wildman–Crippen MR) is 35.4 cm³/mol. The number of rotatable bonds is 3. The van der Waals surface area contributed by atoms with E-state index in [1.807, 2.05) is 0 Å². The molecule has 0 saturated heterocycles. The van der Waals surface area contributed by atoms with Crippen molar-refractivity contribution in [1.29, 1.82) is 0 Å². The Kier molecular flexibility index (Phi) is 3.95. The van der Waals surface area contributed by atoms with Gasteiger partial charge in [0.1, 0.15) is 0 Å². The Hall–Kier alpha value is -0.330. The molecule has 0 aliphatic carbocycles. The second-order valence-corrected chi connectivity index (χ2v) is 3.12. The summed E-state index contributed by atoms with van der Waals surface area (Å²) in [5.41, 5.74) is 0. The molecule has 0 rings (SSSR count). The minimum atomic E-state index is -3.64. The molecule has 0 N–H and O–H groups in total. The van der Waals surface area contributed by atoms with Crippen molar-refractivity contribution >= 4 is 21.9 Å². The Bertz CT molecular complexity index is 173. The van der Waals surface area contributed by atoms with Crippen molar-refractivity contribution in [1.82, 2.24) is 0 Å². The predicted octanol–water partition coefficient (Wildman–Crippen LogP) is 2.17. The number of ether oxygens (including phenoxy) is 1. The third-order valence-electron chi connectivity index (χ3n) is 0.863. The van der Waals surface area contributed by atoms with Crippen molar-refractivity contribution < 1.29 is 27.1 Å². The van der Waals surface area contributed by atoms with E-state index in [0.717, 1.165) is 6.92 Å². The fourth-order valence-electron chi connectivity index (χ4n) is 0.323. The van der Waals surface area contributed by atoms with Crippen LogP contribution in [0.25, 0.3) is 0 Å². The zero-order valence-electron chi connectivity index (χ0n) is 5.86. The van der Waals surface area contributed by atoms with Gasteiger partial charge in [-0.3, -0.25) is 4.79 Å². The average Bonchev–Trinajstić information content (AvgIpc) is 1.85. The van der Waals surface area contributed by atoms with E-state index in [1.165, 1.54) is 0 Å². The van der Waals surface area contributed by atoms with Crippen molar-refractivity contribution in [3.05, 3.63) is 0 Å². The van der Waals surface area contributed by atoms with E-state index in [4.69, 9.17) is 0 Å². The first-order valence-electron chi connectivity index (χ1n) is 2.75. The van der Waals surface area contributed by atoms with Crippen LogP contribution in [0.15, 0.2) is 0 Å². The lowest BCUT2D eigenvalue weighted by atomic mass is 10.4. The Morgan fingerprint density at radius 2 is 1.92 bits per heavy atom. The van der Waals surface area contributed by atoms with Crippen LogP contribution in [-0.4, -0.2) is 23.3 Å². The van der Waals surface area contributed by atoms with Gasteiger partial charge in [-0.05, 0) is 15.9 Å². The lowest BCUT2D eigenvalue weighted by molar-refractivity contribution is -0.173. The van der Waals surface area contributed by atoms with Crippen LogP contribution in [0.2, 0.25) is 0 Å². The number of carbonyl (C=O) groups excluding carboxylic acids is 1. The molecule has 0 amide bonds. The summed E-state index contributed by atoms with van der Waals surface area (Å²) in [6.07, 6.45) is -6.64. The molecule has 0 saturated carbocycles. The molecule has 0 spiro atoms. The van der Waals surface area contributed by atoms with Gasteiger partial charge in [-0.15, -0.1) is 0 Å². The molecule has 2 nitrogen and oxygen atoms in total. The van der Waals surface area contributed by atoms with Gasteiger partial charge in [-0.1, -0.05) is 0 Å². The second-order valence-electron chi connectivity index (χ2n) is 1.90. The Morgan fingerprint density at radius 1 is 1.50 bits per heavy atom. The number of hydrogen-bond donors (Lipinski definition) is 0. The number of esters is 1. The van der Waals surface area contributed by atoms with Gasteiger partial charge in [-0.2, -0.15) is 4.39 Å². The highest BCUT2D eigenvalue weighted by atomic mass is 79.9. The molecule has 2 atom stereocenters. The smallest absolute Gasteiger partial charge is 0.305 e. The highest BCUT2D eigenvalue weighted by Gasteiger charge is 2.48. The van der Waals surface area contributed by atoms with Crippen molar-refractivity contribution in [3.63, 3.8) is 0 Å². The third-order valence-corrected chi connectivity index (χ3v) is 1.57. The molecule has 7 heteroatoms. The van der Waals surface area contributed by atoms with Crippen LogP contribution in [0.1, 0.15) is 6.92 Å². The molecule has 0 aromatic rings. The van der Waals surface area contributed by atoms with Crippen molar-refractivity contribution in [2.24, 2.45) is 0 Å². The quantitative estimate of drug-likeness (QED) is 0.437. The van der Waals surface area contributed by atoms with Gasteiger partial charge in [0.25, 0.3) is 17.4 Å². The first-order chi connectivity index (χ1) is 5.28. The molecule has 0 aromatic heterocycles. The van der Waals surface area contributed by atoms with Gasteiger partial charge in [0.05, 0.1) is 0 Å². The van der Waals surface area contributed by atoms with Gasteiger partial charge < -0.3 is 4.74 Å². The van der Waals surface area contributed by atoms with Crippen LogP contribution in [0.4, 0.5) is 17.6 Å². The molecule has 0 aromatic carbocycles. The fraction of sp³-hybridized carbons (Fsp3) is 0.800. The highest BCUT2D eigenvalue weighted by molar-refractivity contribution is 9.10. The number of halogens is 5. The van der Waals surface area contributed by atoms with Crippen molar-refractivity contribution in [3.8, 4) is 0 Å². The van der Waals surface area contributed by atoms with Crippen molar-refractivity contribution in [2.45, 2.75) is 24.3 Å². The molecular weight excluding hydrogens is 248 g/mol. The first kappa shape index (κ1) is 11.7. The van der Waals surface area contributed by atoms with E-state index >= 15 is 0 Å². The van der Waals surface area contributed by atoms with E-state index < -0.39 is 23.3 Å². The van der Waals surface area contributed by atoms with E-state index in [2.05, 4.69) is 4.74 Å². The third kappa shape index (κ3) is 2.96. The summed E-state index contributed by atoms with van der Waals surface area (Å²) >= 11 is 1.77. The number of hydrogen-bond acceptors (Lipinski definition) is 2. The molecule has 0 radical (unpaired) electrons. The molecule has 72 valence electrons. The van der Waals surface area contributed by atoms with E-state index in [9.17, 15) is 22.4 Å². The molecule has 0 aliphatic heterocycles. The minimum Gasteiger partial charge on any atom is -0.426 e. The molecule has 0 bridgehead atoms. The highest BCUT2D eigenvalue weighted by Crippen LogP contribution is 2.34. The SMILES string of the molecule is CC(=O)OC(F)C(F)(Br)C(F)F. The zero-order chi connectivity index (χ0) is 9.94. The lowest BCUT2D eigenvalue weighted by Gasteiger charge is -2.20. The molecule has 0 heterocycles.